The van der Waals surface area contributed by atoms with E-state index in [9.17, 15) is 0 Å². The van der Waals surface area contributed by atoms with Gasteiger partial charge in [-0.25, -0.2) is 13.7 Å². The first-order valence-corrected chi connectivity index (χ1v) is 42.3. The smallest absolute Gasteiger partial charge is 0.296 e. The summed E-state index contributed by atoms with van der Waals surface area (Å²) >= 11 is 0. The number of aryl methyl sites for hydroxylation is 13. The highest BCUT2D eigenvalue weighted by Gasteiger charge is 2.44. The Labute approximate surface area is 718 Å². The maximum Gasteiger partial charge on any atom is 0.296 e. The number of nitrogens with zero attached hydrogens (tertiary/aromatic N) is 17. The number of hydrogen-bond acceptors (Lipinski definition) is 4. The number of aromatic nitrogens is 13. The summed E-state index contributed by atoms with van der Waals surface area (Å²) in [6.07, 6.45) is 47.2. The third-order valence-electron chi connectivity index (χ3n) is 25.4. The molecule has 23 rings (SSSR count). The second-order valence-electron chi connectivity index (χ2n) is 33.1. The summed E-state index contributed by atoms with van der Waals surface area (Å²) in [4.78, 5) is 7.16. The Bertz CT molecular complexity index is 7460. The molecule has 2 unspecified atom stereocenters. The van der Waals surface area contributed by atoms with Crippen LogP contribution in [0, 0.1) is 55.4 Å². The van der Waals surface area contributed by atoms with Gasteiger partial charge < -0.3 is 40.6 Å². The van der Waals surface area contributed by atoms with Gasteiger partial charge >= 0.3 is 0 Å². The van der Waals surface area contributed by atoms with Crippen LogP contribution in [0.15, 0.2) is 334 Å². The molecule has 0 amide bonds. The van der Waals surface area contributed by atoms with Gasteiger partial charge in [0.05, 0.1) is 103 Å². The van der Waals surface area contributed by atoms with Crippen molar-refractivity contribution in [2.75, 3.05) is 30.9 Å². The first-order valence-electron chi connectivity index (χ1n) is 42.3. The molecule has 614 valence electrons. The number of allylic oxidation sites excluding steroid dienone is 2. The van der Waals surface area contributed by atoms with Crippen LogP contribution in [0.4, 0.5) is 17.1 Å². The number of rotatable bonds is 7. The number of amidine groups is 1. The number of fused-ring (bicyclic) bond motifs is 11. The molecule has 19 heterocycles. The van der Waals surface area contributed by atoms with Crippen LogP contribution in [0.2, 0.25) is 0 Å². The Morgan fingerprint density at radius 3 is 1.78 bits per heavy atom. The maximum absolute atomic E-state index is 6.25. The van der Waals surface area contributed by atoms with E-state index in [0.29, 0.717) is 18.2 Å². The minimum atomic E-state index is 0.313. The molecule has 18 nitrogen and oxygen atoms in total. The molecule has 0 bridgehead atoms. The predicted octanol–water partition coefficient (Wildman–Crippen LogP) is 19.4. The third-order valence-corrected chi connectivity index (χ3v) is 25.4. The van der Waals surface area contributed by atoms with E-state index in [1.165, 1.54) is 146 Å². The molecule has 123 heavy (non-hydrogen) atoms. The van der Waals surface area contributed by atoms with Crippen molar-refractivity contribution in [1.82, 2.24) is 45.1 Å². The second kappa shape index (κ2) is 32.5. The monoisotopic (exact) mass is 1620 g/mol. The molecule has 0 spiro atoms. The normalized spacial score (nSPS) is 14.6. The van der Waals surface area contributed by atoms with Gasteiger partial charge in [0, 0.05) is 115 Å². The van der Waals surface area contributed by atoms with Crippen LogP contribution >= 0.6 is 0 Å². The van der Waals surface area contributed by atoms with Crippen LogP contribution in [-0.4, -0.2) is 94.9 Å². The van der Waals surface area contributed by atoms with E-state index in [4.69, 9.17) is 4.42 Å². The molecule has 2 aliphatic heterocycles. The minimum Gasteiger partial charge on any atom is -0.449 e. The van der Waals surface area contributed by atoms with Gasteiger partial charge in [-0.1, -0.05) is 78.9 Å². The van der Waals surface area contributed by atoms with Gasteiger partial charge in [0.15, 0.2) is 31.5 Å². The summed E-state index contributed by atoms with van der Waals surface area (Å²) in [6, 6.07) is 69.0. The van der Waals surface area contributed by atoms with Crippen LogP contribution in [0.3, 0.4) is 0 Å². The van der Waals surface area contributed by atoms with Crippen LogP contribution in [0.1, 0.15) is 57.1 Å². The number of anilines is 3. The molecule has 3 aliphatic rings. The van der Waals surface area contributed by atoms with Crippen molar-refractivity contribution in [2.45, 2.75) is 80.6 Å². The van der Waals surface area contributed by atoms with Crippen LogP contribution in [0.5, 0.6) is 0 Å². The van der Waals surface area contributed by atoms with Gasteiger partial charge in [-0.05, 0) is 229 Å². The topological polar surface area (TPSA) is 82.6 Å². The Kier molecular flexibility index (Phi) is 21.0. The van der Waals surface area contributed by atoms with E-state index >= 15 is 0 Å². The molecule has 0 radical (unpaired) electrons. The number of imidazole rings is 2. The van der Waals surface area contributed by atoms with Gasteiger partial charge in [0.25, 0.3) is 23.2 Å². The number of hydrogen-bond donors (Lipinski definition) is 0. The molecule has 1 aliphatic carbocycles. The van der Waals surface area contributed by atoms with Gasteiger partial charge in [-0.15, -0.1) is 9.36 Å². The molecule has 0 N–H and O–H groups in total. The number of pyridine rings is 7. The van der Waals surface area contributed by atoms with Crippen LogP contribution in [0.25, 0.3) is 100 Å². The standard InChI is InChI=1S/C21H22N3.C21H17N2O.C18H19N3.C18H20N3.C14H16N3.C13H14N3/c1-15-8-7-9-16(2)20(15)24-13-12-22(4)21(24)19-17(3)14-23-11-6-5-10-18(19)23;1-14-9-13-23-11-5-7-17(19(14)23)20-21-16(10-12-22(20)2)15-6-3-4-8-18(15)24-21;1-13-7-6-11-20-12-10-17(18(13)20)21-14(2)19(3)15-8-4-5-9-16(15)21;1-13-10-12-21-11-6-9-16(21)17(13)18-19(2)14-7-4-5-8-15(14)20(18)3;1-11-12(14-15(2)9-10-16(14)3)6-8-17-7-4-5-13(11)17;1-11-13(16-9-5-7-14(16)2)10-12-6-3-4-8-15(11)12/h5-14H,1-4H3;3-13H,1-2H3;4-12,14H,1-3H3;4-12,14-15H,1-3H3;4-10H,1-3H3;3-10H,1-2H3/q2*+1;;3*+1/t;;14-;;;/m..0.../s1. The minimum absolute atomic E-state index is 0.313. The fourth-order valence-corrected chi connectivity index (χ4v) is 19.1. The zero-order valence-corrected chi connectivity index (χ0v) is 73.4. The molecule has 0 saturated heterocycles. The van der Waals surface area contributed by atoms with E-state index in [1.54, 1.807) is 0 Å². The van der Waals surface area contributed by atoms with Crippen molar-refractivity contribution < 1.29 is 27.4 Å². The predicted molar refractivity (Wildman–Crippen MR) is 499 cm³/mol. The Balaban J connectivity index is 0.000000101. The lowest BCUT2D eigenvalue weighted by Gasteiger charge is -2.27. The van der Waals surface area contributed by atoms with Gasteiger partial charge in [0.1, 0.15) is 55.0 Å². The molecule has 17 aromatic heterocycles. The number of furan rings is 1. The quantitative estimate of drug-likeness (QED) is 0.149. The zero-order valence-electron chi connectivity index (χ0n) is 73.4. The fraction of sp³-hybridized carbons (Fsp3) is 0.190. The van der Waals surface area contributed by atoms with Crippen molar-refractivity contribution in [3.8, 4) is 45.4 Å². The highest BCUT2D eigenvalue weighted by atomic mass is 16.3. The fourth-order valence-electron chi connectivity index (χ4n) is 19.1. The summed E-state index contributed by atoms with van der Waals surface area (Å²) in [7, 11) is 17.0. The molecule has 20 aromatic rings. The lowest BCUT2D eigenvalue weighted by molar-refractivity contribution is -0.744. The molecule has 3 aromatic carbocycles. The average Bonchev–Trinajstić information content (AvgIpc) is 1.62. The van der Waals surface area contributed by atoms with Crippen molar-refractivity contribution in [1.29, 1.82) is 0 Å². The van der Waals surface area contributed by atoms with E-state index in [-0.39, 0.29) is 0 Å². The van der Waals surface area contributed by atoms with E-state index in [0.717, 1.165) is 27.6 Å². The van der Waals surface area contributed by atoms with Crippen LogP contribution in [-0.2, 0) is 35.2 Å². The first-order chi connectivity index (χ1) is 59.6. The van der Waals surface area contributed by atoms with Crippen molar-refractivity contribution in [3.63, 3.8) is 0 Å². The van der Waals surface area contributed by atoms with Gasteiger partial charge in [-0.3, -0.25) is 9.48 Å². The highest BCUT2D eigenvalue weighted by molar-refractivity contribution is 6.09. The molecular weight excluding hydrogens is 1520 g/mol. The van der Waals surface area contributed by atoms with Crippen LogP contribution < -0.4 is 28.2 Å². The first kappa shape index (κ1) is 79.5. The highest BCUT2D eigenvalue weighted by Crippen LogP contribution is 2.46. The SMILES string of the molecule is Cc1c(-c2n(C)cc[n+]2C)ccn2cccc12.Cc1c(-n2ccc[n+]2C)cc2ccccn12.Cc1cccc(C)c1-n1cc[n+](C)c1-c1c(C)cn2ccccc12.Cc1cccn2ccc(N3c4ccccc4N(C)[C@@H]3C)c12.Cc1ccn2cccc(-c3c4oc5ccccc5c4cc[n+]3C)c12.Cc1ccn2cccc2c1C1=[N+](C)C2C=CC=CC2N1C. The summed E-state index contributed by atoms with van der Waals surface area (Å²) in [6.45, 7) is 19.6. The Morgan fingerprint density at radius 1 is 0.398 bits per heavy atom. The summed E-state index contributed by atoms with van der Waals surface area (Å²) in [5.41, 5.74) is 32.2. The van der Waals surface area contributed by atoms with Crippen molar-refractivity contribution >= 4 is 77.9 Å². The van der Waals surface area contributed by atoms with Crippen molar-refractivity contribution in [3.05, 3.63) is 380 Å². The lowest BCUT2D eigenvalue weighted by atomic mass is 10.0. The molecule has 0 saturated carbocycles. The molecule has 3 atom stereocenters. The largest absolute Gasteiger partial charge is 0.449 e. The third kappa shape index (κ3) is 14.0. The lowest BCUT2D eigenvalue weighted by Crippen LogP contribution is -2.36. The van der Waals surface area contributed by atoms with E-state index < -0.39 is 0 Å². The zero-order chi connectivity index (χ0) is 85.3. The molecule has 0 fully saturated rings. The number of likely N-dealkylation sites (N-methyl/N-ethyl adjacent to an activating group) is 2. The molecular formula is C105H108N17O+5. The molecule has 18 heteroatoms. The van der Waals surface area contributed by atoms with Gasteiger partial charge in [0.2, 0.25) is 5.58 Å². The van der Waals surface area contributed by atoms with Gasteiger partial charge in [-0.2, -0.15) is 9.13 Å². The average molecular weight is 1620 g/mol. The number of benzene rings is 3. The Hall–Kier alpha value is -14.7. The summed E-state index contributed by atoms with van der Waals surface area (Å²) in [5, 5.41) is 2.32. The Morgan fingerprint density at radius 2 is 1.02 bits per heavy atom. The van der Waals surface area contributed by atoms with E-state index in [1.807, 2.05) is 31.4 Å². The maximum atomic E-state index is 6.25. The summed E-state index contributed by atoms with van der Waals surface area (Å²) in [5.74, 6) is 3.74. The summed E-state index contributed by atoms with van der Waals surface area (Å²) < 4.78 is 37.0. The second-order valence-corrected chi connectivity index (χ2v) is 33.1. The number of para-hydroxylation sites is 4. The van der Waals surface area contributed by atoms with E-state index in [2.05, 4.69) is 495 Å². The van der Waals surface area contributed by atoms with Crippen molar-refractivity contribution in [2.24, 2.45) is 35.2 Å².